The molecule has 1 aromatic carbocycles. The fourth-order valence-electron chi connectivity index (χ4n) is 7.28. The monoisotopic (exact) mass is 572 g/mol. The Bertz CT molecular complexity index is 1330. The van der Waals surface area contributed by atoms with Gasteiger partial charge in [0.2, 0.25) is 5.91 Å². The number of rotatable bonds is 9. The van der Waals surface area contributed by atoms with Crippen LogP contribution in [0.5, 0.6) is 6.01 Å². The number of hydrogen-bond donors (Lipinski definition) is 0. The van der Waals surface area contributed by atoms with Crippen molar-refractivity contribution < 1.29 is 14.3 Å². The van der Waals surface area contributed by atoms with Gasteiger partial charge < -0.3 is 19.4 Å². The van der Waals surface area contributed by atoms with Crippen LogP contribution in [0, 0.1) is 0 Å². The van der Waals surface area contributed by atoms with E-state index in [2.05, 4.69) is 52.6 Å². The SMILES string of the molecule is C=CC(=O)N1CCCN(c2nc(OC[C@@H]3CCCN3C)nc3c2CN(C2CCc4ccccc42)C3)C(CC(=O)CC)C1. The molecular formula is C33H44N6O3. The molecule has 2 unspecified atom stereocenters. The first kappa shape index (κ1) is 28.8. The van der Waals surface area contributed by atoms with Gasteiger partial charge in [0.05, 0.1) is 11.7 Å². The zero-order valence-electron chi connectivity index (χ0n) is 25.1. The average molecular weight is 573 g/mol. The van der Waals surface area contributed by atoms with Crippen LogP contribution in [-0.2, 0) is 29.1 Å². The molecule has 1 aromatic heterocycles. The van der Waals surface area contributed by atoms with Gasteiger partial charge in [0.15, 0.2) is 0 Å². The largest absolute Gasteiger partial charge is 0.462 e. The standard InChI is InChI=1S/C33H44N6O3/c1-4-26(40)18-25-19-37(31(41)5-2)16-9-17-39(25)32-28-20-38(30-14-13-23-10-6-7-12-27(23)30)21-29(28)34-33(35-32)42-22-24-11-8-15-36(24)3/h5-7,10,12,24-25,30H,2,4,8-9,11,13-22H2,1,3H3/t24-,25?,30?/m0/s1. The van der Waals surface area contributed by atoms with Gasteiger partial charge in [-0.1, -0.05) is 37.8 Å². The van der Waals surface area contributed by atoms with Crippen molar-refractivity contribution in [1.29, 1.82) is 0 Å². The van der Waals surface area contributed by atoms with Crippen LogP contribution in [0.3, 0.4) is 0 Å². The Labute approximate surface area is 249 Å². The molecule has 4 heterocycles. The van der Waals surface area contributed by atoms with E-state index in [9.17, 15) is 9.59 Å². The lowest BCUT2D eigenvalue weighted by Gasteiger charge is -2.33. The highest BCUT2D eigenvalue weighted by Crippen LogP contribution is 2.42. The topological polar surface area (TPSA) is 82.1 Å². The highest BCUT2D eigenvalue weighted by Gasteiger charge is 2.38. The number of likely N-dealkylation sites (N-methyl/N-ethyl adjacent to an activating group) is 1. The molecule has 224 valence electrons. The molecule has 0 N–H and O–H groups in total. The molecule has 1 aliphatic carbocycles. The first-order valence-corrected chi connectivity index (χ1v) is 15.7. The Kier molecular flexibility index (Phi) is 8.58. The van der Waals surface area contributed by atoms with E-state index in [0.29, 0.717) is 57.2 Å². The number of hydrogen-bond acceptors (Lipinski definition) is 8. The molecule has 2 fully saturated rings. The number of carbonyl (C=O) groups excluding carboxylic acids is 2. The number of likely N-dealkylation sites (tertiary alicyclic amines) is 1. The van der Waals surface area contributed by atoms with Crippen LogP contribution in [0.25, 0.3) is 0 Å². The number of nitrogens with zero attached hydrogens (tertiary/aromatic N) is 6. The Balaban J connectivity index is 1.34. The van der Waals surface area contributed by atoms with Crippen molar-refractivity contribution in [2.45, 2.75) is 83.1 Å². The van der Waals surface area contributed by atoms with E-state index in [1.165, 1.54) is 23.6 Å². The molecule has 3 atom stereocenters. The van der Waals surface area contributed by atoms with Gasteiger partial charge >= 0.3 is 6.01 Å². The molecule has 2 aromatic rings. The lowest BCUT2D eigenvalue weighted by Crippen LogP contribution is -2.44. The molecule has 2 saturated heterocycles. The molecule has 9 heteroatoms. The van der Waals surface area contributed by atoms with Crippen LogP contribution in [0.4, 0.5) is 5.82 Å². The second kappa shape index (κ2) is 12.5. The minimum absolute atomic E-state index is 0.0884. The summed E-state index contributed by atoms with van der Waals surface area (Å²) < 4.78 is 6.33. The quantitative estimate of drug-likeness (QED) is 0.419. The number of fused-ring (bicyclic) bond motifs is 2. The average Bonchev–Trinajstić information content (AvgIpc) is 3.70. The van der Waals surface area contributed by atoms with Crippen LogP contribution >= 0.6 is 0 Å². The Morgan fingerprint density at radius 1 is 1.07 bits per heavy atom. The summed E-state index contributed by atoms with van der Waals surface area (Å²) in [6, 6.07) is 9.75. The second-order valence-electron chi connectivity index (χ2n) is 12.3. The van der Waals surface area contributed by atoms with Gasteiger partial charge in [-0.2, -0.15) is 9.97 Å². The van der Waals surface area contributed by atoms with E-state index in [0.717, 1.165) is 62.4 Å². The summed E-state index contributed by atoms with van der Waals surface area (Å²) in [7, 11) is 2.15. The molecular weight excluding hydrogens is 528 g/mol. The maximum absolute atomic E-state index is 12.8. The Morgan fingerprint density at radius 3 is 2.71 bits per heavy atom. The van der Waals surface area contributed by atoms with Gasteiger partial charge in [-0.25, -0.2) is 0 Å². The number of aryl methyl sites for hydroxylation is 1. The number of aromatic nitrogens is 2. The van der Waals surface area contributed by atoms with E-state index in [-0.39, 0.29) is 17.7 Å². The van der Waals surface area contributed by atoms with E-state index >= 15 is 0 Å². The first-order chi connectivity index (χ1) is 20.4. The van der Waals surface area contributed by atoms with Crippen LogP contribution < -0.4 is 9.64 Å². The zero-order chi connectivity index (χ0) is 29.2. The highest BCUT2D eigenvalue weighted by molar-refractivity contribution is 5.87. The summed E-state index contributed by atoms with van der Waals surface area (Å²) in [5.41, 5.74) is 5.00. The molecule has 0 saturated carbocycles. The maximum Gasteiger partial charge on any atom is 0.318 e. The molecule has 9 nitrogen and oxygen atoms in total. The molecule has 0 bridgehead atoms. The van der Waals surface area contributed by atoms with Crippen LogP contribution in [0.2, 0.25) is 0 Å². The van der Waals surface area contributed by atoms with Crippen molar-refractivity contribution in [2.24, 2.45) is 0 Å². The normalized spacial score (nSPS) is 24.4. The van der Waals surface area contributed by atoms with Gasteiger partial charge in [0.25, 0.3) is 0 Å². The number of Topliss-reactive ketones (excluding diaryl/α,β-unsaturated/α-hetero) is 1. The third-order valence-corrected chi connectivity index (χ3v) is 9.70. The highest BCUT2D eigenvalue weighted by atomic mass is 16.5. The predicted molar refractivity (Wildman–Crippen MR) is 162 cm³/mol. The van der Waals surface area contributed by atoms with Crippen molar-refractivity contribution in [1.82, 2.24) is 24.7 Å². The van der Waals surface area contributed by atoms with Gasteiger partial charge in [0.1, 0.15) is 18.2 Å². The third-order valence-electron chi connectivity index (χ3n) is 9.70. The molecule has 3 aliphatic heterocycles. The Hall–Kier alpha value is -3.30. The summed E-state index contributed by atoms with van der Waals surface area (Å²) in [5.74, 6) is 0.966. The summed E-state index contributed by atoms with van der Waals surface area (Å²) >= 11 is 0. The first-order valence-electron chi connectivity index (χ1n) is 15.7. The van der Waals surface area contributed by atoms with E-state index < -0.39 is 0 Å². The molecule has 1 amide bonds. The minimum atomic E-state index is -0.169. The van der Waals surface area contributed by atoms with Gasteiger partial charge in [-0.05, 0) is 62.9 Å². The lowest BCUT2D eigenvalue weighted by atomic mass is 10.1. The number of anilines is 1. The lowest BCUT2D eigenvalue weighted by molar-refractivity contribution is -0.126. The summed E-state index contributed by atoms with van der Waals surface area (Å²) in [6.07, 6.45) is 7.50. The van der Waals surface area contributed by atoms with Crippen LogP contribution in [0.1, 0.15) is 73.9 Å². The van der Waals surface area contributed by atoms with Crippen molar-refractivity contribution in [3.63, 3.8) is 0 Å². The summed E-state index contributed by atoms with van der Waals surface area (Å²) in [6.45, 7) is 10.6. The molecule has 6 rings (SSSR count). The minimum Gasteiger partial charge on any atom is -0.462 e. The Morgan fingerprint density at radius 2 is 1.93 bits per heavy atom. The van der Waals surface area contributed by atoms with Gasteiger partial charge in [0, 0.05) is 63.2 Å². The van der Waals surface area contributed by atoms with E-state index in [1.54, 1.807) is 0 Å². The molecule has 42 heavy (non-hydrogen) atoms. The number of ketones is 1. The number of benzene rings is 1. The fraction of sp³-hybridized carbons (Fsp3) is 0.576. The number of carbonyl (C=O) groups is 2. The van der Waals surface area contributed by atoms with Crippen LogP contribution in [-0.4, -0.2) is 88.3 Å². The van der Waals surface area contributed by atoms with E-state index in [1.807, 2.05) is 11.8 Å². The number of amides is 1. The van der Waals surface area contributed by atoms with Gasteiger partial charge in [-0.15, -0.1) is 0 Å². The number of ether oxygens (including phenoxy) is 1. The van der Waals surface area contributed by atoms with Crippen molar-refractivity contribution in [3.05, 3.63) is 59.3 Å². The van der Waals surface area contributed by atoms with E-state index in [4.69, 9.17) is 14.7 Å². The summed E-state index contributed by atoms with van der Waals surface area (Å²) in [4.78, 5) is 44.6. The van der Waals surface area contributed by atoms with Crippen LogP contribution in [0.15, 0.2) is 36.9 Å². The maximum atomic E-state index is 12.8. The molecule has 0 radical (unpaired) electrons. The third kappa shape index (κ3) is 5.81. The van der Waals surface area contributed by atoms with Crippen molar-refractivity contribution in [2.75, 3.05) is 44.7 Å². The molecule has 0 spiro atoms. The predicted octanol–water partition coefficient (Wildman–Crippen LogP) is 3.92. The van der Waals surface area contributed by atoms with Gasteiger partial charge in [-0.3, -0.25) is 14.5 Å². The summed E-state index contributed by atoms with van der Waals surface area (Å²) in [5, 5.41) is 0. The smallest absolute Gasteiger partial charge is 0.318 e. The fourth-order valence-corrected chi connectivity index (χ4v) is 7.28. The van der Waals surface area contributed by atoms with Crippen molar-refractivity contribution in [3.8, 4) is 6.01 Å². The second-order valence-corrected chi connectivity index (χ2v) is 12.3. The van der Waals surface area contributed by atoms with Crippen molar-refractivity contribution >= 4 is 17.5 Å². The zero-order valence-corrected chi connectivity index (χ0v) is 25.1. The molecule has 4 aliphatic rings.